The van der Waals surface area contributed by atoms with Crippen molar-refractivity contribution in [2.45, 2.75) is 25.8 Å². The summed E-state index contributed by atoms with van der Waals surface area (Å²) in [5.41, 5.74) is 1.30. The molecule has 1 fully saturated rings. The van der Waals surface area contributed by atoms with Gasteiger partial charge in [0.15, 0.2) is 0 Å². The molecule has 0 saturated carbocycles. The van der Waals surface area contributed by atoms with Crippen molar-refractivity contribution in [1.29, 1.82) is 0 Å². The Hall–Kier alpha value is -0.420. The average Bonchev–Trinajstić information content (AvgIpc) is 2.50. The first-order valence-corrected chi connectivity index (χ1v) is 9.62. The number of rotatable bonds is 7. The Balaban J connectivity index is 1.89. The second kappa shape index (κ2) is 8.89. The first-order chi connectivity index (χ1) is 10.2. The Morgan fingerprint density at radius 1 is 1.29 bits per heavy atom. The van der Waals surface area contributed by atoms with E-state index in [9.17, 15) is 4.21 Å². The molecule has 1 aromatic rings. The highest BCUT2D eigenvalue weighted by Gasteiger charge is 2.17. The minimum atomic E-state index is -0.591. The van der Waals surface area contributed by atoms with E-state index in [1.807, 2.05) is 12.1 Å². The zero-order valence-corrected chi connectivity index (χ0v) is 14.3. The summed E-state index contributed by atoms with van der Waals surface area (Å²) >= 11 is 5.98. The maximum Gasteiger partial charge on any atom is 0.0406 e. The van der Waals surface area contributed by atoms with Crippen molar-refractivity contribution < 1.29 is 4.21 Å². The van der Waals surface area contributed by atoms with Gasteiger partial charge >= 0.3 is 0 Å². The SMILES string of the molecule is CCCNC(CCN1CCS(=O)CC1)c1ccc(Cl)cc1. The third kappa shape index (κ3) is 5.70. The maximum absolute atomic E-state index is 11.4. The summed E-state index contributed by atoms with van der Waals surface area (Å²) in [5.74, 6) is 1.65. The predicted octanol–water partition coefficient (Wildman–Crippen LogP) is 2.84. The summed E-state index contributed by atoms with van der Waals surface area (Å²) in [6.07, 6.45) is 2.21. The fraction of sp³-hybridized carbons (Fsp3) is 0.625. The third-order valence-corrected chi connectivity index (χ3v) is 5.45. The van der Waals surface area contributed by atoms with Gasteiger partial charge in [-0.15, -0.1) is 0 Å². The monoisotopic (exact) mass is 328 g/mol. The van der Waals surface area contributed by atoms with E-state index in [0.717, 1.165) is 55.5 Å². The van der Waals surface area contributed by atoms with Crippen molar-refractivity contribution in [2.24, 2.45) is 0 Å². The Bertz CT molecular complexity index is 442. The molecule has 1 aromatic carbocycles. The van der Waals surface area contributed by atoms with E-state index in [1.54, 1.807) is 0 Å². The Morgan fingerprint density at radius 2 is 1.95 bits per heavy atom. The first kappa shape index (κ1) is 16.9. The third-order valence-electron chi connectivity index (χ3n) is 3.92. The lowest BCUT2D eigenvalue weighted by molar-refractivity contribution is 0.278. The minimum absolute atomic E-state index is 0.370. The van der Waals surface area contributed by atoms with Crippen LogP contribution in [0.4, 0.5) is 0 Å². The summed E-state index contributed by atoms with van der Waals surface area (Å²) in [6, 6.07) is 8.51. The van der Waals surface area contributed by atoms with Crippen LogP contribution in [0, 0.1) is 0 Å². The van der Waals surface area contributed by atoms with Crippen LogP contribution in [-0.4, -0.2) is 46.8 Å². The first-order valence-electron chi connectivity index (χ1n) is 7.75. The van der Waals surface area contributed by atoms with Gasteiger partial charge in [-0.2, -0.15) is 0 Å². The van der Waals surface area contributed by atoms with E-state index in [-0.39, 0.29) is 0 Å². The summed E-state index contributed by atoms with van der Waals surface area (Å²) in [5, 5.41) is 4.41. The Labute approximate surface area is 135 Å². The molecule has 118 valence electrons. The number of nitrogens with zero attached hydrogens (tertiary/aromatic N) is 1. The van der Waals surface area contributed by atoms with Gasteiger partial charge in [0.1, 0.15) is 0 Å². The van der Waals surface area contributed by atoms with Crippen LogP contribution in [0.15, 0.2) is 24.3 Å². The second-order valence-electron chi connectivity index (χ2n) is 5.54. The normalized spacial score (nSPS) is 18.8. The molecule has 1 unspecified atom stereocenters. The molecular formula is C16H25ClN2OS. The molecule has 21 heavy (non-hydrogen) atoms. The van der Waals surface area contributed by atoms with Gasteiger partial charge in [0.05, 0.1) is 0 Å². The molecule has 3 nitrogen and oxygen atoms in total. The zero-order valence-electron chi connectivity index (χ0n) is 12.7. The quantitative estimate of drug-likeness (QED) is 0.835. The van der Waals surface area contributed by atoms with Crippen LogP contribution in [0.3, 0.4) is 0 Å². The van der Waals surface area contributed by atoms with Crippen LogP contribution < -0.4 is 5.32 Å². The minimum Gasteiger partial charge on any atom is -0.310 e. The lowest BCUT2D eigenvalue weighted by atomic mass is 10.0. The predicted molar refractivity (Wildman–Crippen MR) is 91.4 cm³/mol. The lowest BCUT2D eigenvalue weighted by Gasteiger charge is -2.28. The second-order valence-corrected chi connectivity index (χ2v) is 7.67. The molecule has 0 aromatic heterocycles. The standard InChI is InChI=1S/C16H25ClN2OS/c1-2-8-18-16(14-3-5-15(17)6-4-14)7-9-19-10-12-21(20)13-11-19/h3-6,16,18H,2,7-13H2,1H3. The Morgan fingerprint density at radius 3 is 2.57 bits per heavy atom. The highest BCUT2D eigenvalue weighted by Crippen LogP contribution is 2.20. The van der Waals surface area contributed by atoms with Gasteiger partial charge < -0.3 is 10.2 Å². The number of halogens is 1. The van der Waals surface area contributed by atoms with E-state index >= 15 is 0 Å². The van der Waals surface area contributed by atoms with Gasteiger partial charge in [0.25, 0.3) is 0 Å². The molecule has 0 amide bonds. The molecule has 0 bridgehead atoms. The molecule has 5 heteroatoms. The number of hydrogen-bond acceptors (Lipinski definition) is 3. The highest BCUT2D eigenvalue weighted by molar-refractivity contribution is 7.85. The summed E-state index contributed by atoms with van der Waals surface area (Å²) in [7, 11) is -0.591. The van der Waals surface area contributed by atoms with E-state index in [4.69, 9.17) is 11.6 Å². The molecule has 2 rings (SSSR count). The molecular weight excluding hydrogens is 304 g/mol. The number of nitrogens with one attached hydrogen (secondary N) is 1. The summed E-state index contributed by atoms with van der Waals surface area (Å²) in [4.78, 5) is 2.43. The van der Waals surface area contributed by atoms with Crippen LogP contribution in [0.2, 0.25) is 5.02 Å². The lowest BCUT2D eigenvalue weighted by Crippen LogP contribution is -2.39. The fourth-order valence-electron chi connectivity index (χ4n) is 2.61. The molecule has 0 radical (unpaired) electrons. The van der Waals surface area contributed by atoms with E-state index in [2.05, 4.69) is 29.3 Å². The van der Waals surface area contributed by atoms with Gasteiger partial charge in [-0.25, -0.2) is 0 Å². The molecule has 0 spiro atoms. The average molecular weight is 329 g/mol. The van der Waals surface area contributed by atoms with Crippen molar-refractivity contribution in [2.75, 3.05) is 37.7 Å². The van der Waals surface area contributed by atoms with Crippen LogP contribution in [-0.2, 0) is 10.8 Å². The van der Waals surface area contributed by atoms with Crippen LogP contribution >= 0.6 is 11.6 Å². The molecule has 0 aliphatic carbocycles. The van der Waals surface area contributed by atoms with Crippen LogP contribution in [0.5, 0.6) is 0 Å². The van der Waals surface area contributed by atoms with Crippen LogP contribution in [0.1, 0.15) is 31.4 Å². The van der Waals surface area contributed by atoms with E-state index < -0.39 is 10.8 Å². The molecule has 1 aliphatic rings. The van der Waals surface area contributed by atoms with Gasteiger partial charge in [-0.1, -0.05) is 30.7 Å². The molecule has 1 aliphatic heterocycles. The molecule has 1 atom stereocenters. The van der Waals surface area contributed by atoms with E-state index in [1.165, 1.54) is 5.56 Å². The number of hydrogen-bond donors (Lipinski definition) is 1. The molecule has 1 N–H and O–H groups in total. The van der Waals surface area contributed by atoms with Crippen molar-refractivity contribution in [3.05, 3.63) is 34.9 Å². The topological polar surface area (TPSA) is 32.3 Å². The van der Waals surface area contributed by atoms with Gasteiger partial charge in [0.2, 0.25) is 0 Å². The molecule has 1 saturated heterocycles. The van der Waals surface area contributed by atoms with E-state index in [0.29, 0.717) is 6.04 Å². The smallest absolute Gasteiger partial charge is 0.0406 e. The largest absolute Gasteiger partial charge is 0.310 e. The highest BCUT2D eigenvalue weighted by atomic mass is 35.5. The number of benzene rings is 1. The van der Waals surface area contributed by atoms with Crippen LogP contribution in [0.25, 0.3) is 0 Å². The fourth-order valence-corrected chi connectivity index (χ4v) is 3.86. The summed E-state index contributed by atoms with van der Waals surface area (Å²) < 4.78 is 11.4. The van der Waals surface area contributed by atoms with Crippen molar-refractivity contribution >= 4 is 22.4 Å². The van der Waals surface area contributed by atoms with Crippen molar-refractivity contribution in [3.8, 4) is 0 Å². The van der Waals surface area contributed by atoms with Crippen molar-refractivity contribution in [3.63, 3.8) is 0 Å². The van der Waals surface area contributed by atoms with Gasteiger partial charge in [-0.05, 0) is 37.1 Å². The van der Waals surface area contributed by atoms with Gasteiger partial charge in [0, 0.05) is 53.0 Å². The van der Waals surface area contributed by atoms with Crippen molar-refractivity contribution in [1.82, 2.24) is 10.2 Å². The summed E-state index contributed by atoms with van der Waals surface area (Å²) in [6.45, 7) is 6.20. The van der Waals surface area contributed by atoms with Gasteiger partial charge in [-0.3, -0.25) is 4.21 Å². The molecule has 1 heterocycles. The maximum atomic E-state index is 11.4. The zero-order chi connectivity index (χ0) is 15.1. The Kier molecular flexibility index (Phi) is 7.17.